The van der Waals surface area contributed by atoms with Gasteiger partial charge in [-0.25, -0.2) is 4.99 Å². The fourth-order valence-corrected chi connectivity index (χ4v) is 4.58. The van der Waals surface area contributed by atoms with Gasteiger partial charge < -0.3 is 24.6 Å². The molecular formula is C29H31BrN2O5. The van der Waals surface area contributed by atoms with E-state index in [4.69, 9.17) is 24.3 Å². The van der Waals surface area contributed by atoms with E-state index in [0.29, 0.717) is 37.6 Å². The number of ether oxygens (including phenoxy) is 3. The topological polar surface area (TPSA) is 89.4 Å². The van der Waals surface area contributed by atoms with Crippen LogP contribution >= 0.6 is 15.9 Å². The highest BCUT2D eigenvalue weighted by Gasteiger charge is 2.50. The Morgan fingerprint density at radius 3 is 2.46 bits per heavy atom. The molecule has 1 heterocycles. The lowest BCUT2D eigenvalue weighted by atomic mass is 9.86. The van der Waals surface area contributed by atoms with Crippen LogP contribution in [0.3, 0.4) is 0 Å². The van der Waals surface area contributed by atoms with Crippen molar-refractivity contribution in [2.45, 2.75) is 38.0 Å². The number of hydrogen-bond donors (Lipinski definition) is 2. The van der Waals surface area contributed by atoms with Gasteiger partial charge in [-0.1, -0.05) is 46.3 Å². The third-order valence-electron chi connectivity index (χ3n) is 6.36. The van der Waals surface area contributed by atoms with Crippen LogP contribution in [0.4, 0.5) is 0 Å². The van der Waals surface area contributed by atoms with Crippen LogP contribution in [0.5, 0.6) is 11.5 Å². The molecule has 1 amide bonds. The number of amides is 1. The first-order valence-electron chi connectivity index (χ1n) is 12.2. The van der Waals surface area contributed by atoms with Crippen LogP contribution < -0.4 is 14.8 Å². The molecule has 3 aromatic rings. The molecule has 0 bridgehead atoms. The molecule has 0 fully saturated rings. The highest BCUT2D eigenvalue weighted by molar-refractivity contribution is 9.10. The Balaban J connectivity index is 1.60. The van der Waals surface area contributed by atoms with E-state index in [2.05, 4.69) is 21.2 Å². The first-order chi connectivity index (χ1) is 17.9. The smallest absolute Gasteiger partial charge is 0.252 e. The maximum atomic E-state index is 13.8. The Bertz CT molecular complexity index is 1230. The molecule has 8 heteroatoms. The monoisotopic (exact) mass is 566 g/mol. The van der Waals surface area contributed by atoms with Gasteiger partial charge in [-0.2, -0.15) is 0 Å². The van der Waals surface area contributed by atoms with Crippen molar-refractivity contribution in [2.24, 2.45) is 4.99 Å². The molecule has 7 nitrogen and oxygen atoms in total. The minimum atomic E-state index is -1.15. The SMILES string of the molecule is COc1ccc(CNC(=O)[C@]2(Cc3ccccc3Br)N=C(c3ccc(OCCCO)cc3)O[C@@H]2C)cc1. The van der Waals surface area contributed by atoms with Crippen molar-refractivity contribution in [3.8, 4) is 11.5 Å². The van der Waals surface area contributed by atoms with Crippen LogP contribution in [0.1, 0.15) is 30.0 Å². The molecule has 37 heavy (non-hydrogen) atoms. The van der Waals surface area contributed by atoms with Gasteiger partial charge in [0.1, 0.15) is 17.6 Å². The number of hydrogen-bond acceptors (Lipinski definition) is 6. The van der Waals surface area contributed by atoms with Crippen LogP contribution in [-0.2, 0) is 22.5 Å². The molecule has 1 aliphatic heterocycles. The number of halogens is 1. The summed E-state index contributed by atoms with van der Waals surface area (Å²) in [4.78, 5) is 18.7. The molecule has 194 valence electrons. The number of rotatable bonds is 11. The third-order valence-corrected chi connectivity index (χ3v) is 7.13. The molecule has 0 spiro atoms. The number of nitrogens with zero attached hydrogens (tertiary/aromatic N) is 1. The number of aliphatic hydroxyl groups excluding tert-OH is 1. The van der Waals surface area contributed by atoms with E-state index in [0.717, 1.165) is 26.9 Å². The second-order valence-corrected chi connectivity index (χ2v) is 9.70. The van der Waals surface area contributed by atoms with Gasteiger partial charge in [0.2, 0.25) is 5.90 Å². The molecule has 1 aliphatic rings. The molecule has 4 rings (SSSR count). The predicted molar refractivity (Wildman–Crippen MR) is 146 cm³/mol. The van der Waals surface area contributed by atoms with Crippen LogP contribution in [0.25, 0.3) is 0 Å². The maximum absolute atomic E-state index is 13.8. The highest BCUT2D eigenvalue weighted by Crippen LogP contribution is 2.34. The van der Waals surface area contributed by atoms with Crippen molar-refractivity contribution < 1.29 is 24.1 Å². The van der Waals surface area contributed by atoms with Gasteiger partial charge >= 0.3 is 0 Å². The zero-order chi connectivity index (χ0) is 26.3. The summed E-state index contributed by atoms with van der Waals surface area (Å²) in [7, 11) is 1.62. The fraction of sp³-hybridized carbons (Fsp3) is 0.310. The van der Waals surface area contributed by atoms with Crippen molar-refractivity contribution in [2.75, 3.05) is 20.3 Å². The van der Waals surface area contributed by atoms with E-state index in [9.17, 15) is 4.79 Å². The summed E-state index contributed by atoms with van der Waals surface area (Å²) in [5.41, 5.74) is 1.54. The Hall–Kier alpha value is -3.36. The van der Waals surface area contributed by atoms with E-state index < -0.39 is 11.6 Å². The van der Waals surface area contributed by atoms with Crippen molar-refractivity contribution in [3.05, 3.63) is 94.0 Å². The normalized spacial score (nSPS) is 18.6. The zero-order valence-corrected chi connectivity index (χ0v) is 22.5. The van der Waals surface area contributed by atoms with E-state index in [1.807, 2.05) is 79.7 Å². The number of carbonyl (C=O) groups excluding carboxylic acids is 1. The summed E-state index contributed by atoms with van der Waals surface area (Å²) in [6, 6.07) is 22.8. The average molecular weight is 567 g/mol. The Kier molecular flexibility index (Phi) is 8.84. The van der Waals surface area contributed by atoms with E-state index >= 15 is 0 Å². The van der Waals surface area contributed by atoms with E-state index in [-0.39, 0.29) is 12.5 Å². The second-order valence-electron chi connectivity index (χ2n) is 8.85. The first kappa shape index (κ1) is 26.7. The summed E-state index contributed by atoms with van der Waals surface area (Å²) >= 11 is 3.62. The van der Waals surface area contributed by atoms with Crippen LogP contribution in [0.15, 0.2) is 82.3 Å². The lowest BCUT2D eigenvalue weighted by Crippen LogP contribution is -2.52. The van der Waals surface area contributed by atoms with Crippen molar-refractivity contribution in [3.63, 3.8) is 0 Å². The molecule has 0 unspecified atom stereocenters. The van der Waals surface area contributed by atoms with Crippen LogP contribution in [0.2, 0.25) is 0 Å². The quantitative estimate of drug-likeness (QED) is 0.329. The summed E-state index contributed by atoms with van der Waals surface area (Å²) in [5, 5.41) is 12.0. The Morgan fingerprint density at radius 2 is 1.78 bits per heavy atom. The largest absolute Gasteiger partial charge is 0.497 e. The molecule has 0 aliphatic carbocycles. The van der Waals surface area contributed by atoms with Gasteiger partial charge in [-0.05, 0) is 60.5 Å². The van der Waals surface area contributed by atoms with Crippen molar-refractivity contribution in [1.29, 1.82) is 0 Å². The van der Waals surface area contributed by atoms with E-state index in [1.54, 1.807) is 7.11 Å². The minimum absolute atomic E-state index is 0.0841. The molecule has 0 aromatic heterocycles. The zero-order valence-electron chi connectivity index (χ0n) is 20.9. The van der Waals surface area contributed by atoms with Gasteiger partial charge in [-0.3, -0.25) is 4.79 Å². The molecule has 2 atom stereocenters. The summed E-state index contributed by atoms with van der Waals surface area (Å²) < 4.78 is 18.0. The molecule has 0 radical (unpaired) electrons. The Morgan fingerprint density at radius 1 is 1.08 bits per heavy atom. The number of aliphatic hydroxyl groups is 1. The van der Waals surface area contributed by atoms with Gasteiger partial charge in [0.15, 0.2) is 5.54 Å². The highest BCUT2D eigenvalue weighted by atomic mass is 79.9. The third kappa shape index (κ3) is 6.32. The summed E-state index contributed by atoms with van der Waals surface area (Å²) in [5.74, 6) is 1.67. The second kappa shape index (κ2) is 12.3. The van der Waals surface area contributed by atoms with Gasteiger partial charge in [0, 0.05) is 36.0 Å². The van der Waals surface area contributed by atoms with Gasteiger partial charge in [-0.15, -0.1) is 0 Å². The number of aliphatic imine (C=N–C) groups is 1. The number of carbonyl (C=O) groups is 1. The standard InChI is InChI=1S/C29H31BrN2O5/c1-20-29(18-23-6-3-4-7-26(23)30,28(34)31-19-21-8-12-24(35-2)13-9-21)32-27(37-20)22-10-14-25(15-11-22)36-17-5-16-33/h3-4,6-15,20,33H,5,16-19H2,1-2H3,(H,31,34)/t20-,29-/m1/s1. The van der Waals surface area contributed by atoms with Gasteiger partial charge in [0.25, 0.3) is 5.91 Å². The lowest BCUT2D eigenvalue weighted by molar-refractivity contribution is -0.128. The lowest BCUT2D eigenvalue weighted by Gasteiger charge is -2.28. The van der Waals surface area contributed by atoms with Crippen molar-refractivity contribution >= 4 is 27.7 Å². The number of methoxy groups -OCH3 is 1. The molecule has 3 aromatic carbocycles. The number of benzene rings is 3. The van der Waals surface area contributed by atoms with Crippen LogP contribution in [0, 0.1) is 0 Å². The molecule has 0 saturated heterocycles. The number of nitrogens with one attached hydrogen (secondary N) is 1. The Labute approximate surface area is 225 Å². The predicted octanol–water partition coefficient (Wildman–Crippen LogP) is 4.68. The summed E-state index contributed by atoms with van der Waals surface area (Å²) in [6.07, 6.45) is 0.444. The first-order valence-corrected chi connectivity index (χ1v) is 13.0. The van der Waals surface area contributed by atoms with Crippen molar-refractivity contribution in [1.82, 2.24) is 5.32 Å². The maximum Gasteiger partial charge on any atom is 0.252 e. The molecule has 2 N–H and O–H groups in total. The molecule has 0 saturated carbocycles. The fourth-order valence-electron chi connectivity index (χ4n) is 4.15. The van der Waals surface area contributed by atoms with E-state index in [1.165, 1.54) is 0 Å². The average Bonchev–Trinajstić information content (AvgIpc) is 3.26. The van der Waals surface area contributed by atoms with Crippen LogP contribution in [-0.4, -0.2) is 48.9 Å². The molecular weight excluding hydrogens is 536 g/mol. The van der Waals surface area contributed by atoms with Gasteiger partial charge in [0.05, 0.1) is 13.7 Å². The minimum Gasteiger partial charge on any atom is -0.497 e. The summed E-state index contributed by atoms with van der Waals surface area (Å²) in [6.45, 7) is 2.76.